The molecule has 0 aliphatic carbocycles. The number of aromatic nitrogens is 3. The predicted molar refractivity (Wildman–Crippen MR) is 89.8 cm³/mol. The predicted octanol–water partition coefficient (Wildman–Crippen LogP) is 2.92. The molecule has 0 unspecified atom stereocenters. The van der Waals surface area contributed by atoms with Gasteiger partial charge in [0.05, 0.1) is 5.02 Å². The molecular formula is C16H10ClN3O2S. The van der Waals surface area contributed by atoms with Crippen molar-refractivity contribution in [2.45, 2.75) is 6.92 Å². The zero-order chi connectivity index (χ0) is 16.0. The minimum atomic E-state index is -0.218. The number of aryl methyl sites for hydroxylation is 1. The summed E-state index contributed by atoms with van der Waals surface area (Å²) in [4.78, 5) is 17.4. The van der Waals surface area contributed by atoms with Gasteiger partial charge in [0, 0.05) is 11.6 Å². The first-order chi connectivity index (χ1) is 11.1. The molecule has 0 amide bonds. The highest BCUT2D eigenvalue weighted by Gasteiger charge is 2.13. The minimum Gasteiger partial charge on any atom is -0.462 e. The van der Waals surface area contributed by atoms with E-state index < -0.39 is 0 Å². The second-order valence-electron chi connectivity index (χ2n) is 4.97. The molecule has 0 spiro atoms. The lowest BCUT2D eigenvalue weighted by Gasteiger charge is -1.96. The van der Waals surface area contributed by atoms with Crippen molar-refractivity contribution < 1.29 is 4.42 Å². The molecule has 0 saturated heterocycles. The molecule has 114 valence electrons. The summed E-state index contributed by atoms with van der Waals surface area (Å²) in [6.45, 7) is 1.86. The standard InChI is InChI=1S/C16H10ClN3O2S/c1-9-6-7-10(22-9)8-13-15(21)20-16(23-13)18-14(19-20)11-4-2-3-5-12(11)17/h2-8H,1H3/b13-8-. The Morgan fingerprint density at radius 2 is 2.09 bits per heavy atom. The van der Waals surface area contributed by atoms with Crippen molar-refractivity contribution >= 4 is 34.0 Å². The van der Waals surface area contributed by atoms with Crippen molar-refractivity contribution in [2.24, 2.45) is 0 Å². The summed E-state index contributed by atoms with van der Waals surface area (Å²) in [5.41, 5.74) is 0.488. The van der Waals surface area contributed by atoms with E-state index in [0.717, 1.165) is 5.76 Å². The normalized spacial score (nSPS) is 12.3. The highest BCUT2D eigenvalue weighted by molar-refractivity contribution is 7.15. The number of hydrogen-bond acceptors (Lipinski definition) is 5. The van der Waals surface area contributed by atoms with Gasteiger partial charge >= 0.3 is 0 Å². The van der Waals surface area contributed by atoms with E-state index in [2.05, 4.69) is 10.1 Å². The summed E-state index contributed by atoms with van der Waals surface area (Å²) in [7, 11) is 0. The quantitative estimate of drug-likeness (QED) is 0.561. The summed E-state index contributed by atoms with van der Waals surface area (Å²) >= 11 is 7.42. The molecule has 0 aliphatic heterocycles. The third kappa shape index (κ3) is 2.46. The van der Waals surface area contributed by atoms with E-state index in [0.29, 0.717) is 31.7 Å². The van der Waals surface area contributed by atoms with Gasteiger partial charge in [-0.1, -0.05) is 35.1 Å². The fraction of sp³-hybridized carbons (Fsp3) is 0.0625. The Hall–Kier alpha value is -2.44. The number of hydrogen-bond donors (Lipinski definition) is 0. The molecule has 5 nitrogen and oxygen atoms in total. The Morgan fingerprint density at radius 3 is 2.78 bits per heavy atom. The van der Waals surface area contributed by atoms with Gasteiger partial charge in [-0.05, 0) is 31.2 Å². The summed E-state index contributed by atoms with van der Waals surface area (Å²) in [5.74, 6) is 1.87. The van der Waals surface area contributed by atoms with Crippen LogP contribution >= 0.6 is 22.9 Å². The topological polar surface area (TPSA) is 60.4 Å². The third-order valence-electron chi connectivity index (χ3n) is 3.33. The third-order valence-corrected chi connectivity index (χ3v) is 4.62. The largest absolute Gasteiger partial charge is 0.462 e. The maximum atomic E-state index is 12.4. The van der Waals surface area contributed by atoms with Crippen LogP contribution in [-0.2, 0) is 0 Å². The van der Waals surface area contributed by atoms with Crippen LogP contribution in [0.3, 0.4) is 0 Å². The first-order valence-corrected chi connectivity index (χ1v) is 8.04. The molecule has 7 heteroatoms. The molecular weight excluding hydrogens is 334 g/mol. The Morgan fingerprint density at radius 1 is 1.26 bits per heavy atom. The molecule has 4 rings (SSSR count). The van der Waals surface area contributed by atoms with Crippen molar-refractivity contribution in [2.75, 3.05) is 0 Å². The monoisotopic (exact) mass is 343 g/mol. The molecule has 0 N–H and O–H groups in total. The second-order valence-corrected chi connectivity index (χ2v) is 6.39. The lowest BCUT2D eigenvalue weighted by molar-refractivity contribution is 0.525. The molecule has 1 aromatic carbocycles. The number of rotatable bonds is 2. The van der Waals surface area contributed by atoms with Crippen molar-refractivity contribution in [3.8, 4) is 11.4 Å². The molecule has 0 fully saturated rings. The lowest BCUT2D eigenvalue weighted by atomic mass is 10.2. The smallest absolute Gasteiger partial charge is 0.291 e. The number of benzene rings is 1. The summed E-state index contributed by atoms with van der Waals surface area (Å²) in [6, 6.07) is 10.9. The second kappa shape index (κ2) is 5.33. The average molecular weight is 344 g/mol. The van der Waals surface area contributed by atoms with E-state index in [4.69, 9.17) is 16.0 Å². The van der Waals surface area contributed by atoms with Crippen molar-refractivity contribution in [1.82, 2.24) is 14.6 Å². The molecule has 23 heavy (non-hydrogen) atoms. The Labute approximate surface area is 139 Å². The first kappa shape index (κ1) is 14.2. The van der Waals surface area contributed by atoms with Gasteiger partial charge < -0.3 is 4.42 Å². The maximum Gasteiger partial charge on any atom is 0.291 e. The van der Waals surface area contributed by atoms with Gasteiger partial charge in [0.1, 0.15) is 16.1 Å². The van der Waals surface area contributed by atoms with Gasteiger partial charge in [0.25, 0.3) is 5.56 Å². The van der Waals surface area contributed by atoms with Crippen molar-refractivity contribution in [1.29, 1.82) is 0 Å². The highest BCUT2D eigenvalue weighted by atomic mass is 35.5. The van der Waals surface area contributed by atoms with E-state index in [1.165, 1.54) is 15.9 Å². The number of halogens is 1. The van der Waals surface area contributed by atoms with Crippen LogP contribution in [0.5, 0.6) is 0 Å². The highest BCUT2D eigenvalue weighted by Crippen LogP contribution is 2.25. The van der Waals surface area contributed by atoms with Crippen molar-refractivity contribution in [3.05, 3.63) is 67.8 Å². The van der Waals surface area contributed by atoms with Crippen LogP contribution in [0.25, 0.3) is 22.4 Å². The van der Waals surface area contributed by atoms with Crippen LogP contribution in [-0.4, -0.2) is 14.6 Å². The fourth-order valence-corrected chi connectivity index (χ4v) is 3.36. The molecule has 4 aromatic rings. The van der Waals surface area contributed by atoms with Crippen LogP contribution in [0, 0.1) is 6.92 Å². The first-order valence-electron chi connectivity index (χ1n) is 6.84. The molecule has 0 atom stereocenters. The van der Waals surface area contributed by atoms with Crippen LogP contribution in [0.4, 0.5) is 0 Å². The van der Waals surface area contributed by atoms with Crippen molar-refractivity contribution in [3.63, 3.8) is 0 Å². The molecule has 3 aromatic heterocycles. The Bertz CT molecular complexity index is 1130. The summed E-state index contributed by atoms with van der Waals surface area (Å²) in [5, 5.41) is 4.83. The number of thiazole rings is 1. The van der Waals surface area contributed by atoms with Gasteiger partial charge in [0.2, 0.25) is 4.96 Å². The number of nitrogens with zero attached hydrogens (tertiary/aromatic N) is 3. The average Bonchev–Trinajstić information content (AvgIpc) is 3.19. The summed E-state index contributed by atoms with van der Waals surface area (Å²) < 4.78 is 7.29. The van der Waals surface area contributed by atoms with E-state index in [1.807, 2.05) is 37.3 Å². The minimum absolute atomic E-state index is 0.218. The van der Waals surface area contributed by atoms with E-state index in [1.54, 1.807) is 12.1 Å². The van der Waals surface area contributed by atoms with Crippen LogP contribution in [0.15, 0.2) is 45.6 Å². The Kier molecular flexibility index (Phi) is 3.28. The molecule has 0 aliphatic rings. The molecule has 0 radical (unpaired) electrons. The maximum absolute atomic E-state index is 12.4. The van der Waals surface area contributed by atoms with E-state index in [-0.39, 0.29) is 5.56 Å². The van der Waals surface area contributed by atoms with Gasteiger partial charge in [0.15, 0.2) is 5.82 Å². The molecule has 0 saturated carbocycles. The molecule has 3 heterocycles. The Balaban J connectivity index is 1.86. The van der Waals surface area contributed by atoms with Gasteiger partial charge in [-0.2, -0.15) is 9.50 Å². The lowest BCUT2D eigenvalue weighted by Crippen LogP contribution is -2.23. The zero-order valence-corrected chi connectivity index (χ0v) is 13.6. The SMILES string of the molecule is Cc1ccc(/C=c2\sc3nc(-c4ccccc4Cl)nn3c2=O)o1. The number of fused-ring (bicyclic) bond motifs is 1. The van der Waals surface area contributed by atoms with Crippen LogP contribution in [0.1, 0.15) is 11.5 Å². The van der Waals surface area contributed by atoms with E-state index >= 15 is 0 Å². The zero-order valence-electron chi connectivity index (χ0n) is 12.0. The van der Waals surface area contributed by atoms with E-state index in [9.17, 15) is 4.79 Å². The molecule has 0 bridgehead atoms. The van der Waals surface area contributed by atoms with Crippen LogP contribution in [0.2, 0.25) is 5.02 Å². The van der Waals surface area contributed by atoms with Gasteiger partial charge in [-0.25, -0.2) is 0 Å². The van der Waals surface area contributed by atoms with Crippen LogP contribution < -0.4 is 10.1 Å². The number of furan rings is 1. The van der Waals surface area contributed by atoms with Gasteiger partial charge in [-0.3, -0.25) is 4.79 Å². The fourth-order valence-electron chi connectivity index (χ4n) is 2.25. The summed E-state index contributed by atoms with van der Waals surface area (Å²) in [6.07, 6.45) is 1.70. The van der Waals surface area contributed by atoms with Gasteiger partial charge in [-0.15, -0.1) is 5.10 Å².